The predicted molar refractivity (Wildman–Crippen MR) is 93.9 cm³/mol. The monoisotopic (exact) mass is 372 g/mol. The van der Waals surface area contributed by atoms with Crippen LogP contribution in [-0.2, 0) is 14.3 Å². The molecule has 0 saturated heterocycles. The molecule has 1 aromatic carbocycles. The number of amides is 2. The molecule has 0 heterocycles. The summed E-state index contributed by atoms with van der Waals surface area (Å²) in [5, 5.41) is 4.54. The van der Waals surface area contributed by atoms with E-state index in [0.29, 0.717) is 0 Å². The average molecular weight is 372 g/mol. The number of carbonyl (C=O) groups excluding carboxylic acids is 2. The molecular formula is C18H26F2N2O4. The minimum Gasteiger partial charge on any atom is -0.458 e. The fraction of sp³-hybridized carbons (Fsp3) is 0.556. The van der Waals surface area contributed by atoms with E-state index in [0.717, 1.165) is 18.2 Å². The first-order chi connectivity index (χ1) is 11.8. The maximum atomic E-state index is 13.6. The molecular weight excluding hydrogens is 346 g/mol. The van der Waals surface area contributed by atoms with Crippen LogP contribution in [0.1, 0.15) is 41.5 Å². The standard InChI is InChI=1S/C18H26F2N2O4/c1-17(2,3)25-10-14(15(23)26-18(4,5)6)22-16(24)21-13-9-11(19)7-8-12(13)20/h7-9,14H,10H2,1-6H3,(H2,21,22,24). The number of carbonyl (C=O) groups is 2. The van der Waals surface area contributed by atoms with Crippen LogP contribution in [-0.4, -0.2) is 35.9 Å². The summed E-state index contributed by atoms with van der Waals surface area (Å²) in [5.41, 5.74) is -1.65. The van der Waals surface area contributed by atoms with Gasteiger partial charge >= 0.3 is 12.0 Å². The number of halogens is 2. The number of esters is 1. The summed E-state index contributed by atoms with van der Waals surface area (Å²) in [6.45, 7) is 10.3. The van der Waals surface area contributed by atoms with Crippen LogP contribution in [0.5, 0.6) is 0 Å². The third-order valence-corrected chi connectivity index (χ3v) is 2.86. The number of hydrogen-bond donors (Lipinski definition) is 2. The molecule has 8 heteroatoms. The lowest BCUT2D eigenvalue weighted by molar-refractivity contribution is -0.160. The molecule has 1 aromatic rings. The van der Waals surface area contributed by atoms with Gasteiger partial charge in [0.25, 0.3) is 0 Å². The Morgan fingerprint density at radius 3 is 2.23 bits per heavy atom. The van der Waals surface area contributed by atoms with Crippen LogP contribution in [0.2, 0.25) is 0 Å². The van der Waals surface area contributed by atoms with Gasteiger partial charge in [-0.1, -0.05) is 0 Å². The van der Waals surface area contributed by atoms with E-state index in [9.17, 15) is 18.4 Å². The SMILES string of the molecule is CC(C)(C)OCC(NC(=O)Nc1cc(F)ccc1F)C(=O)OC(C)(C)C. The predicted octanol–water partition coefficient (Wildman–Crippen LogP) is 3.61. The Morgan fingerprint density at radius 2 is 1.69 bits per heavy atom. The Labute approximate surface area is 152 Å². The van der Waals surface area contributed by atoms with E-state index in [1.165, 1.54) is 0 Å². The molecule has 1 unspecified atom stereocenters. The van der Waals surface area contributed by atoms with E-state index >= 15 is 0 Å². The highest BCUT2D eigenvalue weighted by atomic mass is 19.1. The maximum Gasteiger partial charge on any atom is 0.331 e. The van der Waals surface area contributed by atoms with Crippen molar-refractivity contribution >= 4 is 17.7 Å². The van der Waals surface area contributed by atoms with E-state index in [2.05, 4.69) is 10.6 Å². The first kappa shape index (κ1) is 21.8. The number of hydrogen-bond acceptors (Lipinski definition) is 4. The molecule has 0 aliphatic rings. The van der Waals surface area contributed by atoms with E-state index in [-0.39, 0.29) is 12.3 Å². The van der Waals surface area contributed by atoms with Gasteiger partial charge in [-0.25, -0.2) is 18.4 Å². The molecule has 0 bridgehead atoms. The summed E-state index contributed by atoms with van der Waals surface area (Å²) in [4.78, 5) is 24.4. The summed E-state index contributed by atoms with van der Waals surface area (Å²) in [6.07, 6.45) is 0. The highest BCUT2D eigenvalue weighted by molar-refractivity contribution is 5.92. The lowest BCUT2D eigenvalue weighted by Crippen LogP contribution is -2.49. The molecule has 0 spiro atoms. The lowest BCUT2D eigenvalue weighted by atomic mass is 10.1. The van der Waals surface area contributed by atoms with Crippen LogP contribution in [0.3, 0.4) is 0 Å². The largest absolute Gasteiger partial charge is 0.458 e. The smallest absolute Gasteiger partial charge is 0.331 e. The number of benzene rings is 1. The molecule has 1 rings (SSSR count). The van der Waals surface area contributed by atoms with Gasteiger partial charge in [-0.05, 0) is 53.7 Å². The number of anilines is 1. The lowest BCUT2D eigenvalue weighted by Gasteiger charge is -2.27. The fourth-order valence-electron chi connectivity index (χ4n) is 1.78. The molecule has 146 valence electrons. The normalized spacial score (nSPS) is 13.1. The van der Waals surface area contributed by atoms with Crippen molar-refractivity contribution in [2.24, 2.45) is 0 Å². The van der Waals surface area contributed by atoms with Gasteiger partial charge in [-0.3, -0.25) is 0 Å². The minimum atomic E-state index is -1.12. The van der Waals surface area contributed by atoms with Crippen molar-refractivity contribution in [2.45, 2.75) is 58.8 Å². The van der Waals surface area contributed by atoms with Gasteiger partial charge in [-0.15, -0.1) is 0 Å². The third-order valence-electron chi connectivity index (χ3n) is 2.86. The first-order valence-electron chi connectivity index (χ1n) is 8.16. The molecule has 0 saturated carbocycles. The number of urea groups is 1. The first-order valence-corrected chi connectivity index (χ1v) is 8.16. The molecule has 6 nitrogen and oxygen atoms in total. The minimum absolute atomic E-state index is 0.141. The Hall–Kier alpha value is -2.22. The highest BCUT2D eigenvalue weighted by Gasteiger charge is 2.28. The second kappa shape index (κ2) is 8.44. The fourth-order valence-corrected chi connectivity index (χ4v) is 1.78. The zero-order chi connectivity index (χ0) is 20.1. The van der Waals surface area contributed by atoms with Gasteiger partial charge < -0.3 is 20.1 Å². The van der Waals surface area contributed by atoms with E-state index in [4.69, 9.17) is 9.47 Å². The highest BCUT2D eigenvalue weighted by Crippen LogP contribution is 2.16. The third kappa shape index (κ3) is 8.24. The van der Waals surface area contributed by atoms with Crippen molar-refractivity contribution in [1.29, 1.82) is 0 Å². The van der Waals surface area contributed by atoms with Crippen molar-refractivity contribution in [3.63, 3.8) is 0 Å². The second-order valence-electron chi connectivity index (χ2n) is 7.73. The quantitative estimate of drug-likeness (QED) is 0.774. The summed E-state index contributed by atoms with van der Waals surface area (Å²) in [5.74, 6) is -2.21. The van der Waals surface area contributed by atoms with Crippen molar-refractivity contribution in [3.8, 4) is 0 Å². The molecule has 2 amide bonds. The van der Waals surface area contributed by atoms with Gasteiger partial charge in [0.2, 0.25) is 0 Å². The topological polar surface area (TPSA) is 76.7 Å². The summed E-state index contributed by atoms with van der Waals surface area (Å²) >= 11 is 0. The molecule has 0 radical (unpaired) electrons. The number of nitrogens with one attached hydrogen (secondary N) is 2. The van der Waals surface area contributed by atoms with Gasteiger partial charge in [0.05, 0.1) is 17.9 Å². The zero-order valence-corrected chi connectivity index (χ0v) is 15.9. The van der Waals surface area contributed by atoms with Crippen LogP contribution < -0.4 is 10.6 Å². The molecule has 26 heavy (non-hydrogen) atoms. The van der Waals surface area contributed by atoms with Crippen LogP contribution in [0.15, 0.2) is 18.2 Å². The second-order valence-corrected chi connectivity index (χ2v) is 7.73. The Bertz CT molecular complexity index is 652. The molecule has 0 aromatic heterocycles. The van der Waals surface area contributed by atoms with Crippen molar-refractivity contribution in [1.82, 2.24) is 5.32 Å². The van der Waals surface area contributed by atoms with Crippen molar-refractivity contribution in [2.75, 3.05) is 11.9 Å². The Kier molecular flexibility index (Phi) is 7.08. The van der Waals surface area contributed by atoms with Crippen LogP contribution in [0, 0.1) is 11.6 Å². The van der Waals surface area contributed by atoms with Gasteiger partial charge in [0.15, 0.2) is 6.04 Å². The van der Waals surface area contributed by atoms with E-state index < -0.39 is 40.9 Å². The molecule has 0 aliphatic carbocycles. The Morgan fingerprint density at radius 1 is 1.08 bits per heavy atom. The molecule has 2 N–H and O–H groups in total. The summed E-state index contributed by atoms with van der Waals surface area (Å²) in [7, 11) is 0. The van der Waals surface area contributed by atoms with Crippen LogP contribution >= 0.6 is 0 Å². The van der Waals surface area contributed by atoms with Gasteiger partial charge in [-0.2, -0.15) is 0 Å². The number of rotatable bonds is 5. The zero-order valence-electron chi connectivity index (χ0n) is 15.9. The molecule has 1 atom stereocenters. The number of ether oxygens (including phenoxy) is 2. The summed E-state index contributed by atoms with van der Waals surface area (Å²) in [6, 6.07) is 0.647. The van der Waals surface area contributed by atoms with E-state index in [1.807, 2.05) is 0 Å². The van der Waals surface area contributed by atoms with Crippen molar-refractivity contribution < 1.29 is 27.8 Å². The van der Waals surface area contributed by atoms with E-state index in [1.54, 1.807) is 41.5 Å². The molecule has 0 aliphatic heterocycles. The average Bonchev–Trinajstić information content (AvgIpc) is 2.44. The van der Waals surface area contributed by atoms with Gasteiger partial charge in [0, 0.05) is 6.07 Å². The van der Waals surface area contributed by atoms with Crippen LogP contribution in [0.4, 0.5) is 19.3 Å². The summed E-state index contributed by atoms with van der Waals surface area (Å²) < 4.78 is 37.6. The van der Waals surface area contributed by atoms with Crippen LogP contribution in [0.25, 0.3) is 0 Å². The van der Waals surface area contributed by atoms with Gasteiger partial charge in [0.1, 0.15) is 17.2 Å². The van der Waals surface area contributed by atoms with Crippen molar-refractivity contribution in [3.05, 3.63) is 29.8 Å². The Balaban J connectivity index is 2.84. The molecule has 0 fully saturated rings. The maximum absolute atomic E-state index is 13.6.